The van der Waals surface area contributed by atoms with Crippen LogP contribution in [0.3, 0.4) is 0 Å². The lowest BCUT2D eigenvalue weighted by atomic mass is 10.0. The van der Waals surface area contributed by atoms with Gasteiger partial charge in [0.05, 0.1) is 6.10 Å². The summed E-state index contributed by atoms with van der Waals surface area (Å²) in [6, 6.07) is 6.54. The van der Waals surface area contributed by atoms with Crippen molar-refractivity contribution in [3.8, 4) is 0 Å². The molecule has 2 atom stereocenters. The van der Waals surface area contributed by atoms with E-state index in [2.05, 4.69) is 5.32 Å². The SMILES string of the molecule is CC(=O)NCCC(O)C(O)c1ccc(/C=C/C(=O)O)cc1. The zero-order valence-electron chi connectivity index (χ0n) is 11.7. The number of carbonyl (C=O) groups excluding carboxylic acids is 1. The Labute approximate surface area is 122 Å². The van der Waals surface area contributed by atoms with Crippen molar-refractivity contribution in [3.05, 3.63) is 41.5 Å². The van der Waals surface area contributed by atoms with E-state index in [-0.39, 0.29) is 18.9 Å². The van der Waals surface area contributed by atoms with Crippen molar-refractivity contribution in [1.29, 1.82) is 0 Å². The lowest BCUT2D eigenvalue weighted by molar-refractivity contribution is -0.131. The number of aliphatic hydroxyl groups is 2. The molecule has 0 saturated carbocycles. The van der Waals surface area contributed by atoms with Gasteiger partial charge < -0.3 is 20.6 Å². The van der Waals surface area contributed by atoms with Crippen LogP contribution in [-0.4, -0.2) is 39.8 Å². The van der Waals surface area contributed by atoms with Crippen molar-refractivity contribution in [2.24, 2.45) is 0 Å². The van der Waals surface area contributed by atoms with Crippen LogP contribution in [0.5, 0.6) is 0 Å². The number of carbonyl (C=O) groups is 2. The molecular formula is C15H19NO5. The van der Waals surface area contributed by atoms with E-state index in [1.54, 1.807) is 24.3 Å². The van der Waals surface area contributed by atoms with Crippen LogP contribution >= 0.6 is 0 Å². The predicted octanol–water partition coefficient (Wildman–Crippen LogP) is 0.705. The van der Waals surface area contributed by atoms with Gasteiger partial charge in [0.2, 0.25) is 5.91 Å². The molecule has 1 aromatic rings. The third-order valence-corrected chi connectivity index (χ3v) is 2.87. The van der Waals surface area contributed by atoms with E-state index in [0.29, 0.717) is 11.1 Å². The third-order valence-electron chi connectivity index (χ3n) is 2.87. The van der Waals surface area contributed by atoms with Crippen LogP contribution < -0.4 is 5.32 Å². The van der Waals surface area contributed by atoms with Gasteiger partial charge >= 0.3 is 5.97 Å². The highest BCUT2D eigenvalue weighted by Crippen LogP contribution is 2.19. The third kappa shape index (κ3) is 6.20. The summed E-state index contributed by atoms with van der Waals surface area (Å²) in [4.78, 5) is 21.1. The molecule has 0 spiro atoms. The van der Waals surface area contributed by atoms with Gasteiger partial charge in [-0.15, -0.1) is 0 Å². The van der Waals surface area contributed by atoms with Gasteiger partial charge in [-0.25, -0.2) is 4.79 Å². The Morgan fingerprint density at radius 2 is 1.86 bits per heavy atom. The Bertz CT molecular complexity index is 509. The van der Waals surface area contributed by atoms with E-state index >= 15 is 0 Å². The first-order valence-electron chi connectivity index (χ1n) is 6.51. The summed E-state index contributed by atoms with van der Waals surface area (Å²) >= 11 is 0. The molecule has 21 heavy (non-hydrogen) atoms. The number of aliphatic carboxylic acids is 1. The lowest BCUT2D eigenvalue weighted by Crippen LogP contribution is -2.27. The average Bonchev–Trinajstić information content (AvgIpc) is 2.44. The van der Waals surface area contributed by atoms with Crippen LogP contribution in [0.25, 0.3) is 6.08 Å². The second-order valence-corrected chi connectivity index (χ2v) is 4.62. The zero-order valence-corrected chi connectivity index (χ0v) is 11.7. The molecule has 0 heterocycles. The van der Waals surface area contributed by atoms with Gasteiger partial charge in [-0.3, -0.25) is 4.79 Å². The maximum Gasteiger partial charge on any atom is 0.328 e. The number of aliphatic hydroxyl groups excluding tert-OH is 2. The fourth-order valence-corrected chi connectivity index (χ4v) is 1.75. The van der Waals surface area contributed by atoms with Gasteiger partial charge in [-0.1, -0.05) is 24.3 Å². The molecule has 0 aliphatic carbocycles. The summed E-state index contributed by atoms with van der Waals surface area (Å²) in [7, 11) is 0. The highest BCUT2D eigenvalue weighted by atomic mass is 16.4. The summed E-state index contributed by atoms with van der Waals surface area (Å²) in [6.07, 6.45) is 0.648. The van der Waals surface area contributed by atoms with E-state index in [4.69, 9.17) is 5.11 Å². The smallest absolute Gasteiger partial charge is 0.328 e. The van der Waals surface area contributed by atoms with Gasteiger partial charge in [0, 0.05) is 19.5 Å². The normalized spacial score (nSPS) is 13.9. The molecular weight excluding hydrogens is 274 g/mol. The van der Waals surface area contributed by atoms with Crippen LogP contribution in [0, 0.1) is 0 Å². The van der Waals surface area contributed by atoms with Crippen molar-refractivity contribution < 1.29 is 24.9 Å². The predicted molar refractivity (Wildman–Crippen MR) is 77.4 cm³/mol. The molecule has 1 amide bonds. The fourth-order valence-electron chi connectivity index (χ4n) is 1.75. The standard InChI is InChI=1S/C15H19NO5/c1-10(17)16-9-8-13(18)15(21)12-5-2-11(3-6-12)4-7-14(19)20/h2-7,13,15,18,21H,8-9H2,1H3,(H,16,17)(H,19,20)/b7-4+. The van der Waals surface area contributed by atoms with E-state index in [0.717, 1.165) is 6.08 Å². The summed E-state index contributed by atoms with van der Waals surface area (Å²) in [6.45, 7) is 1.67. The molecule has 6 nitrogen and oxygen atoms in total. The molecule has 1 aromatic carbocycles. The van der Waals surface area contributed by atoms with Gasteiger partial charge in [0.1, 0.15) is 6.10 Å². The van der Waals surface area contributed by atoms with Crippen LogP contribution in [0.1, 0.15) is 30.6 Å². The minimum atomic E-state index is -1.06. The van der Waals surface area contributed by atoms with E-state index < -0.39 is 18.2 Å². The molecule has 1 rings (SSSR count). The second-order valence-electron chi connectivity index (χ2n) is 4.62. The Balaban J connectivity index is 2.59. The highest BCUT2D eigenvalue weighted by molar-refractivity contribution is 5.85. The zero-order chi connectivity index (χ0) is 15.8. The van der Waals surface area contributed by atoms with E-state index in [1.807, 2.05) is 0 Å². The topological polar surface area (TPSA) is 107 Å². The van der Waals surface area contributed by atoms with Gasteiger partial charge in [-0.2, -0.15) is 0 Å². The first-order chi connectivity index (χ1) is 9.90. The lowest BCUT2D eigenvalue weighted by Gasteiger charge is -2.18. The number of nitrogens with one attached hydrogen (secondary N) is 1. The Morgan fingerprint density at radius 3 is 2.38 bits per heavy atom. The first-order valence-corrected chi connectivity index (χ1v) is 6.51. The van der Waals surface area contributed by atoms with Crippen molar-refractivity contribution in [2.75, 3.05) is 6.54 Å². The second kappa shape index (κ2) is 8.18. The van der Waals surface area contributed by atoms with Gasteiger partial charge in [-0.05, 0) is 23.6 Å². The molecule has 0 saturated heterocycles. The maximum absolute atomic E-state index is 10.7. The maximum atomic E-state index is 10.7. The molecule has 4 N–H and O–H groups in total. The average molecular weight is 293 g/mol. The number of hydrogen-bond donors (Lipinski definition) is 4. The van der Waals surface area contributed by atoms with Crippen molar-refractivity contribution in [2.45, 2.75) is 25.6 Å². The molecule has 0 aromatic heterocycles. The van der Waals surface area contributed by atoms with Crippen LogP contribution in [-0.2, 0) is 9.59 Å². The molecule has 2 unspecified atom stereocenters. The molecule has 114 valence electrons. The quantitative estimate of drug-likeness (QED) is 0.554. The number of amides is 1. The molecule has 0 aliphatic rings. The summed E-state index contributed by atoms with van der Waals surface area (Å²) < 4.78 is 0. The largest absolute Gasteiger partial charge is 0.478 e. The number of benzene rings is 1. The van der Waals surface area contributed by atoms with Crippen molar-refractivity contribution in [1.82, 2.24) is 5.32 Å². The van der Waals surface area contributed by atoms with E-state index in [1.165, 1.54) is 13.0 Å². The number of carboxylic acids is 1. The monoisotopic (exact) mass is 293 g/mol. The fraction of sp³-hybridized carbons (Fsp3) is 0.333. The number of hydrogen-bond acceptors (Lipinski definition) is 4. The van der Waals surface area contributed by atoms with Crippen LogP contribution in [0.2, 0.25) is 0 Å². The van der Waals surface area contributed by atoms with Gasteiger partial charge in [0.15, 0.2) is 0 Å². The summed E-state index contributed by atoms with van der Waals surface area (Å²) in [5.74, 6) is -1.22. The minimum Gasteiger partial charge on any atom is -0.478 e. The van der Waals surface area contributed by atoms with Crippen molar-refractivity contribution >= 4 is 18.0 Å². The molecule has 6 heteroatoms. The molecule has 0 radical (unpaired) electrons. The van der Waals surface area contributed by atoms with Gasteiger partial charge in [0.25, 0.3) is 0 Å². The summed E-state index contributed by atoms with van der Waals surface area (Å²) in [5, 5.41) is 30.9. The highest BCUT2D eigenvalue weighted by Gasteiger charge is 2.17. The van der Waals surface area contributed by atoms with Crippen LogP contribution in [0.15, 0.2) is 30.3 Å². The first kappa shape index (κ1) is 16.9. The number of carboxylic acid groups (broad SMARTS) is 1. The molecule has 0 aliphatic heterocycles. The molecule has 0 bridgehead atoms. The molecule has 0 fully saturated rings. The minimum absolute atomic E-state index is 0.189. The van der Waals surface area contributed by atoms with Crippen molar-refractivity contribution in [3.63, 3.8) is 0 Å². The Kier molecular flexibility index (Phi) is 6.58. The Hall–Kier alpha value is -2.18. The van der Waals surface area contributed by atoms with Crippen LogP contribution in [0.4, 0.5) is 0 Å². The Morgan fingerprint density at radius 1 is 1.24 bits per heavy atom. The number of rotatable bonds is 7. The van der Waals surface area contributed by atoms with E-state index in [9.17, 15) is 19.8 Å². The summed E-state index contributed by atoms with van der Waals surface area (Å²) in [5.41, 5.74) is 1.21.